The third-order valence-corrected chi connectivity index (χ3v) is 7.18. The minimum absolute atomic E-state index is 0.0507. The maximum atomic E-state index is 14.4. The molecule has 1 aromatic heterocycles. The molecule has 0 radical (unpaired) electrons. The molecule has 3 atom stereocenters. The largest absolute Gasteiger partial charge is 0.490 e. The lowest BCUT2D eigenvalue weighted by Crippen LogP contribution is -2.36. The molecule has 3 heterocycles. The Labute approximate surface area is 261 Å². The molecule has 3 unspecified atom stereocenters. The maximum absolute atomic E-state index is 14.4. The van der Waals surface area contributed by atoms with Crippen molar-refractivity contribution in [3.8, 4) is 5.75 Å². The summed E-state index contributed by atoms with van der Waals surface area (Å²) < 4.78 is 76.4. The zero-order chi connectivity index (χ0) is 34.1. The predicted molar refractivity (Wildman–Crippen MR) is 164 cm³/mol. The fourth-order valence-corrected chi connectivity index (χ4v) is 4.78. The molecule has 3 aliphatic rings. The van der Waals surface area contributed by atoms with Crippen molar-refractivity contribution in [2.75, 3.05) is 20.2 Å². The highest BCUT2D eigenvalue weighted by molar-refractivity contribution is 5.92. The summed E-state index contributed by atoms with van der Waals surface area (Å²) in [5.41, 5.74) is 4.84. The van der Waals surface area contributed by atoms with Crippen LogP contribution in [0, 0.1) is 0 Å². The molecule has 12 heteroatoms. The number of aldehydes is 1. The number of alkyl halides is 3. The van der Waals surface area contributed by atoms with Crippen LogP contribution in [0.1, 0.15) is 76.8 Å². The number of carbonyl (C=O) groups is 2. The molecule has 0 saturated carbocycles. The van der Waals surface area contributed by atoms with Crippen molar-refractivity contribution < 1.29 is 36.3 Å². The summed E-state index contributed by atoms with van der Waals surface area (Å²) in [4.78, 5) is 30.5. The Hall–Kier alpha value is -4.06. The number of nitrogens with zero attached hydrogens (tertiary/aromatic N) is 2. The molecule has 0 spiro atoms. The lowest BCUT2D eigenvalue weighted by Gasteiger charge is -2.25. The van der Waals surface area contributed by atoms with Gasteiger partial charge in [0.05, 0.1) is 16.8 Å². The number of pyridine rings is 1. The molecule has 1 aliphatic carbocycles. The minimum Gasteiger partial charge on any atom is -0.490 e. The van der Waals surface area contributed by atoms with Crippen molar-refractivity contribution in [2.45, 2.75) is 71.4 Å². The number of nitrogens with one attached hydrogen (secondary N) is 1. The van der Waals surface area contributed by atoms with Gasteiger partial charge in [-0.1, -0.05) is 25.5 Å². The number of aromatic nitrogens is 1. The number of hydrogen-bond acceptors (Lipinski definition) is 6. The molecule has 0 bridgehead atoms. The lowest BCUT2D eigenvalue weighted by atomic mass is 9.83. The van der Waals surface area contributed by atoms with Crippen LogP contribution in [0.5, 0.6) is 5.75 Å². The Kier molecular flexibility index (Phi) is 13.0. The van der Waals surface area contributed by atoms with Crippen LogP contribution in [0.25, 0.3) is 0 Å². The number of allylic oxidation sites excluding steroid dienone is 8. The first-order valence-corrected chi connectivity index (χ1v) is 14.5. The number of halogens is 5. The molecule has 1 aromatic rings. The smallest absolute Gasteiger partial charge is 0.398 e. The summed E-state index contributed by atoms with van der Waals surface area (Å²) in [5, 5.41) is 2.32. The van der Waals surface area contributed by atoms with Crippen LogP contribution in [-0.4, -0.2) is 48.5 Å². The molecule has 1 amide bonds. The number of nitrogens with two attached hydrogens (primary N) is 1. The Bertz CT molecular complexity index is 1440. The van der Waals surface area contributed by atoms with Gasteiger partial charge in [-0.15, -0.1) is 0 Å². The first kappa shape index (κ1) is 37.1. The van der Waals surface area contributed by atoms with Crippen LogP contribution < -0.4 is 15.8 Å². The van der Waals surface area contributed by atoms with E-state index in [4.69, 9.17) is 4.74 Å². The zero-order valence-electron chi connectivity index (χ0n) is 26.6. The van der Waals surface area contributed by atoms with E-state index in [9.17, 15) is 31.5 Å². The van der Waals surface area contributed by atoms with Crippen molar-refractivity contribution in [1.82, 2.24) is 15.2 Å². The molecular weight excluding hydrogens is 595 g/mol. The van der Waals surface area contributed by atoms with Crippen molar-refractivity contribution in [3.05, 3.63) is 94.3 Å². The number of rotatable bonds is 7. The summed E-state index contributed by atoms with van der Waals surface area (Å²) >= 11 is 0. The van der Waals surface area contributed by atoms with E-state index in [1.54, 1.807) is 20.8 Å². The number of hydrogen-bond donors (Lipinski definition) is 2. The lowest BCUT2D eigenvalue weighted by molar-refractivity contribution is -0.151. The summed E-state index contributed by atoms with van der Waals surface area (Å²) in [6, 6.07) is 1.20. The second-order valence-corrected chi connectivity index (χ2v) is 10.7. The van der Waals surface area contributed by atoms with Crippen LogP contribution in [0.4, 0.5) is 22.0 Å². The van der Waals surface area contributed by atoms with E-state index in [1.807, 2.05) is 13.8 Å². The van der Waals surface area contributed by atoms with Crippen molar-refractivity contribution in [1.29, 1.82) is 0 Å². The molecule has 0 aromatic carbocycles. The first-order valence-electron chi connectivity index (χ1n) is 14.5. The molecule has 0 saturated heterocycles. The van der Waals surface area contributed by atoms with E-state index in [-0.39, 0.29) is 35.6 Å². The van der Waals surface area contributed by atoms with Gasteiger partial charge in [0.15, 0.2) is 0 Å². The molecule has 45 heavy (non-hydrogen) atoms. The second-order valence-electron chi connectivity index (χ2n) is 10.7. The van der Waals surface area contributed by atoms with E-state index < -0.39 is 53.2 Å². The summed E-state index contributed by atoms with van der Waals surface area (Å²) in [5.74, 6) is -4.38. The Morgan fingerprint density at radius 2 is 1.84 bits per heavy atom. The van der Waals surface area contributed by atoms with E-state index in [0.29, 0.717) is 12.0 Å². The zero-order valence-corrected chi connectivity index (χ0v) is 26.6. The fraction of sp³-hybridized carbons (Fsp3) is 0.424. The normalized spacial score (nSPS) is 21.2. The van der Waals surface area contributed by atoms with Gasteiger partial charge in [-0.05, 0) is 71.5 Å². The number of carbonyl (C=O) groups excluding carboxylic acids is 2. The van der Waals surface area contributed by atoms with Crippen LogP contribution in [0.15, 0.2) is 77.3 Å². The Morgan fingerprint density at radius 1 is 1.18 bits per heavy atom. The van der Waals surface area contributed by atoms with Gasteiger partial charge in [0.2, 0.25) is 5.91 Å². The van der Waals surface area contributed by atoms with E-state index in [1.165, 1.54) is 67.7 Å². The first-order chi connectivity index (χ1) is 21.2. The fourth-order valence-electron chi connectivity index (χ4n) is 4.78. The summed E-state index contributed by atoms with van der Waals surface area (Å²) in [6.45, 7) is 9.65. The van der Waals surface area contributed by atoms with Gasteiger partial charge in [-0.25, -0.2) is 8.78 Å². The van der Waals surface area contributed by atoms with E-state index >= 15 is 0 Å². The van der Waals surface area contributed by atoms with Crippen LogP contribution in [-0.2, 0) is 15.0 Å². The number of fused-ring (bicyclic) bond motifs is 1. The van der Waals surface area contributed by atoms with Crippen molar-refractivity contribution in [3.63, 3.8) is 0 Å². The summed E-state index contributed by atoms with van der Waals surface area (Å²) in [7, 11) is 1.50. The van der Waals surface area contributed by atoms with Crippen LogP contribution >= 0.6 is 0 Å². The number of ether oxygens (including phenoxy) is 1. The van der Waals surface area contributed by atoms with E-state index in [2.05, 4.69) is 16.0 Å². The molecule has 3 N–H and O–H groups in total. The SMILES string of the molecule is CC.CC(C)=C1C=CC(F)=CN1/C=C(\C)C(=O)NCC(c1cc2c(c(C3C=CC(F)=CC3)n1)OCC2(C)C=O)C(F)(F)F.CN. The molecule has 7 nitrogen and oxygen atoms in total. The van der Waals surface area contributed by atoms with E-state index in [0.717, 1.165) is 5.57 Å². The third kappa shape index (κ3) is 8.78. The molecule has 246 valence electrons. The van der Waals surface area contributed by atoms with Gasteiger partial charge >= 0.3 is 6.18 Å². The van der Waals surface area contributed by atoms with Gasteiger partial charge in [0.1, 0.15) is 36.2 Å². The number of amides is 1. The average molecular weight is 637 g/mol. The average Bonchev–Trinajstić information content (AvgIpc) is 3.35. The standard InChI is InChI=1S/C30H30F5N3O3.C2H6.CH5N/c1-17(2)25-10-9-21(32)14-38(25)13-18(3)28(40)36-12-23(30(33,34)35)24-11-22-27(41-16-29(22,4)15-39)26(37-24)19-5-7-20(31)8-6-19;2*1-2/h5,7-11,13-15,19,23H,6,12,16H2,1-4H3,(H,36,40);1-2H3;2H2,1H3/b18-13+;;. The highest BCUT2D eigenvalue weighted by Crippen LogP contribution is 2.46. The molecule has 4 rings (SSSR count). The monoisotopic (exact) mass is 636 g/mol. The van der Waals surface area contributed by atoms with Gasteiger partial charge in [0.25, 0.3) is 0 Å². The minimum atomic E-state index is -4.81. The van der Waals surface area contributed by atoms with Crippen molar-refractivity contribution >= 4 is 12.2 Å². The summed E-state index contributed by atoms with van der Waals surface area (Å²) in [6.07, 6.45) is 5.27. The molecular formula is C33H41F5N4O3. The Morgan fingerprint density at radius 3 is 2.40 bits per heavy atom. The third-order valence-electron chi connectivity index (χ3n) is 7.18. The highest BCUT2D eigenvalue weighted by Gasteiger charge is 2.45. The Balaban J connectivity index is 0.00000169. The van der Waals surface area contributed by atoms with Gasteiger partial charge in [-0.3, -0.25) is 9.78 Å². The van der Waals surface area contributed by atoms with Gasteiger partial charge in [0, 0.05) is 41.7 Å². The van der Waals surface area contributed by atoms with Gasteiger partial charge in [-0.2, -0.15) is 13.2 Å². The second kappa shape index (κ2) is 15.8. The predicted octanol–water partition coefficient (Wildman–Crippen LogP) is 7.07. The topological polar surface area (TPSA) is 97.5 Å². The quantitative estimate of drug-likeness (QED) is 0.189. The van der Waals surface area contributed by atoms with Crippen LogP contribution in [0.2, 0.25) is 0 Å². The maximum Gasteiger partial charge on any atom is 0.398 e. The van der Waals surface area contributed by atoms with Crippen LogP contribution in [0.3, 0.4) is 0 Å². The van der Waals surface area contributed by atoms with Gasteiger partial charge < -0.3 is 25.5 Å². The molecule has 0 fully saturated rings. The highest BCUT2D eigenvalue weighted by atomic mass is 19.4. The van der Waals surface area contributed by atoms with Crippen molar-refractivity contribution in [2.24, 2.45) is 5.73 Å². The molecule has 2 aliphatic heterocycles.